The zero-order valence-electron chi connectivity index (χ0n) is 12.1. The molecule has 1 aromatic heterocycles. The average Bonchev–Trinajstić information content (AvgIpc) is 2.39. The lowest BCUT2D eigenvalue weighted by Gasteiger charge is -2.37. The molecule has 0 unspecified atom stereocenters. The van der Waals surface area contributed by atoms with Crippen molar-refractivity contribution in [2.45, 2.75) is 33.6 Å². The number of piperidine rings is 1. The van der Waals surface area contributed by atoms with Gasteiger partial charge in [0.2, 0.25) is 0 Å². The number of rotatable bonds is 3. The highest BCUT2D eigenvalue weighted by atomic mass is 16.2. The molecule has 0 aliphatic carbocycles. The number of anilines is 1. The molecule has 1 fully saturated rings. The number of pyridine rings is 1. The van der Waals surface area contributed by atoms with Crippen LogP contribution in [0.4, 0.5) is 5.82 Å². The number of likely N-dealkylation sites (tertiary alicyclic amines) is 1. The van der Waals surface area contributed by atoms with Crippen LogP contribution in [0.5, 0.6) is 0 Å². The van der Waals surface area contributed by atoms with Gasteiger partial charge in [0, 0.05) is 25.8 Å². The van der Waals surface area contributed by atoms with Crippen molar-refractivity contribution in [3.63, 3.8) is 0 Å². The van der Waals surface area contributed by atoms with Crippen LogP contribution in [-0.2, 0) is 0 Å². The van der Waals surface area contributed by atoms with Gasteiger partial charge in [-0.2, -0.15) is 0 Å². The highest BCUT2D eigenvalue weighted by Gasteiger charge is 2.29. The van der Waals surface area contributed by atoms with Crippen molar-refractivity contribution in [1.82, 2.24) is 9.88 Å². The van der Waals surface area contributed by atoms with Gasteiger partial charge in [0.25, 0.3) is 5.91 Å². The lowest BCUT2D eigenvalue weighted by molar-refractivity contribution is 0.0631. The number of amides is 1. The van der Waals surface area contributed by atoms with E-state index in [4.69, 9.17) is 0 Å². The molecule has 2 heterocycles. The van der Waals surface area contributed by atoms with Gasteiger partial charge in [0.1, 0.15) is 5.82 Å². The maximum Gasteiger partial charge on any atom is 0.257 e. The largest absolute Gasteiger partial charge is 0.370 e. The number of hydrogen-bond donors (Lipinski definition) is 1. The minimum absolute atomic E-state index is 0.0968. The van der Waals surface area contributed by atoms with Gasteiger partial charge in [-0.3, -0.25) is 4.79 Å². The van der Waals surface area contributed by atoms with Crippen molar-refractivity contribution in [3.8, 4) is 0 Å². The van der Waals surface area contributed by atoms with Crippen LogP contribution in [0.15, 0.2) is 18.3 Å². The SMILES string of the molecule is CCNc1ncccc1C(=O)N1CCC(C)(C)CC1. The molecular formula is C15H23N3O. The summed E-state index contributed by atoms with van der Waals surface area (Å²) in [5.74, 6) is 0.791. The first-order chi connectivity index (χ1) is 9.03. The van der Waals surface area contributed by atoms with E-state index in [1.54, 1.807) is 6.20 Å². The smallest absolute Gasteiger partial charge is 0.257 e. The van der Waals surface area contributed by atoms with E-state index in [-0.39, 0.29) is 5.91 Å². The highest BCUT2D eigenvalue weighted by molar-refractivity contribution is 5.98. The zero-order chi connectivity index (χ0) is 13.9. The lowest BCUT2D eigenvalue weighted by Crippen LogP contribution is -2.41. The number of carbonyl (C=O) groups is 1. The quantitative estimate of drug-likeness (QED) is 0.910. The number of aromatic nitrogens is 1. The third kappa shape index (κ3) is 3.25. The van der Waals surface area contributed by atoms with E-state index in [1.807, 2.05) is 24.0 Å². The number of nitrogens with one attached hydrogen (secondary N) is 1. The molecule has 1 saturated heterocycles. The second kappa shape index (κ2) is 5.59. The monoisotopic (exact) mass is 261 g/mol. The highest BCUT2D eigenvalue weighted by Crippen LogP contribution is 2.30. The molecule has 0 aromatic carbocycles. The fraction of sp³-hybridized carbons (Fsp3) is 0.600. The molecule has 1 aromatic rings. The lowest BCUT2D eigenvalue weighted by atomic mass is 9.82. The third-order valence-corrected chi connectivity index (χ3v) is 3.79. The number of nitrogens with zero attached hydrogens (tertiary/aromatic N) is 2. The summed E-state index contributed by atoms with van der Waals surface area (Å²) >= 11 is 0. The molecule has 0 saturated carbocycles. The summed E-state index contributed by atoms with van der Waals surface area (Å²) in [5, 5.41) is 3.15. The Hall–Kier alpha value is -1.58. The zero-order valence-corrected chi connectivity index (χ0v) is 12.1. The van der Waals surface area contributed by atoms with E-state index >= 15 is 0 Å². The molecule has 104 valence electrons. The number of carbonyl (C=O) groups excluding carboxylic acids is 1. The molecule has 1 aliphatic heterocycles. The molecule has 4 nitrogen and oxygen atoms in total. The Morgan fingerprint density at radius 1 is 1.42 bits per heavy atom. The topological polar surface area (TPSA) is 45.2 Å². The molecule has 0 spiro atoms. The van der Waals surface area contributed by atoms with Crippen molar-refractivity contribution in [2.75, 3.05) is 25.0 Å². The summed E-state index contributed by atoms with van der Waals surface area (Å²) in [6.45, 7) is 8.99. The van der Waals surface area contributed by atoms with Gasteiger partial charge in [0.15, 0.2) is 0 Å². The van der Waals surface area contributed by atoms with Gasteiger partial charge in [-0.05, 0) is 37.3 Å². The van der Waals surface area contributed by atoms with E-state index < -0.39 is 0 Å². The van der Waals surface area contributed by atoms with Crippen molar-refractivity contribution < 1.29 is 4.79 Å². The molecule has 0 radical (unpaired) electrons. The van der Waals surface area contributed by atoms with Crippen LogP contribution in [0.3, 0.4) is 0 Å². The molecular weight excluding hydrogens is 238 g/mol. The minimum atomic E-state index is 0.0968. The van der Waals surface area contributed by atoms with Crippen LogP contribution in [0.1, 0.15) is 44.0 Å². The normalized spacial score (nSPS) is 18.2. The predicted octanol–water partition coefficient (Wildman–Crippen LogP) is 2.78. The van der Waals surface area contributed by atoms with Gasteiger partial charge in [-0.1, -0.05) is 13.8 Å². The van der Waals surface area contributed by atoms with E-state index in [1.165, 1.54) is 0 Å². The maximum atomic E-state index is 12.6. The third-order valence-electron chi connectivity index (χ3n) is 3.79. The summed E-state index contributed by atoms with van der Waals surface area (Å²) in [4.78, 5) is 18.8. The molecule has 4 heteroatoms. The van der Waals surface area contributed by atoms with Gasteiger partial charge in [-0.15, -0.1) is 0 Å². The molecule has 0 bridgehead atoms. The Bertz CT molecular complexity index is 446. The van der Waals surface area contributed by atoms with E-state index in [2.05, 4.69) is 24.1 Å². The molecule has 1 amide bonds. The van der Waals surface area contributed by atoms with E-state index in [0.29, 0.717) is 16.8 Å². The molecule has 1 N–H and O–H groups in total. The summed E-state index contributed by atoms with van der Waals surface area (Å²) in [7, 11) is 0. The van der Waals surface area contributed by atoms with E-state index in [9.17, 15) is 4.79 Å². The van der Waals surface area contributed by atoms with Crippen LogP contribution in [-0.4, -0.2) is 35.4 Å². The Balaban J connectivity index is 2.12. The van der Waals surface area contributed by atoms with Crippen LogP contribution < -0.4 is 5.32 Å². The van der Waals surface area contributed by atoms with Crippen LogP contribution in [0.2, 0.25) is 0 Å². The fourth-order valence-electron chi connectivity index (χ4n) is 2.37. The summed E-state index contributed by atoms with van der Waals surface area (Å²) in [6, 6.07) is 3.68. The van der Waals surface area contributed by atoms with Gasteiger partial charge < -0.3 is 10.2 Å². The first kappa shape index (κ1) is 13.8. The molecule has 1 aliphatic rings. The van der Waals surface area contributed by atoms with E-state index in [0.717, 1.165) is 32.5 Å². The van der Waals surface area contributed by atoms with Crippen molar-refractivity contribution in [3.05, 3.63) is 23.9 Å². The van der Waals surface area contributed by atoms with Crippen molar-refractivity contribution in [1.29, 1.82) is 0 Å². The van der Waals surface area contributed by atoms with Gasteiger partial charge in [-0.25, -0.2) is 4.98 Å². The van der Waals surface area contributed by atoms with Crippen molar-refractivity contribution in [2.24, 2.45) is 5.41 Å². The minimum Gasteiger partial charge on any atom is -0.370 e. The fourth-order valence-corrected chi connectivity index (χ4v) is 2.37. The Morgan fingerprint density at radius 2 is 2.11 bits per heavy atom. The summed E-state index contributed by atoms with van der Waals surface area (Å²) in [6.07, 6.45) is 3.85. The second-order valence-corrected chi connectivity index (χ2v) is 5.89. The first-order valence-electron chi connectivity index (χ1n) is 7.02. The van der Waals surface area contributed by atoms with Gasteiger partial charge >= 0.3 is 0 Å². The van der Waals surface area contributed by atoms with Crippen LogP contribution in [0.25, 0.3) is 0 Å². The van der Waals surface area contributed by atoms with Crippen LogP contribution in [0, 0.1) is 5.41 Å². The summed E-state index contributed by atoms with van der Waals surface area (Å²) < 4.78 is 0. The first-order valence-corrected chi connectivity index (χ1v) is 7.02. The Labute approximate surface area is 115 Å². The van der Waals surface area contributed by atoms with Crippen molar-refractivity contribution >= 4 is 11.7 Å². The van der Waals surface area contributed by atoms with Crippen LogP contribution >= 0.6 is 0 Å². The average molecular weight is 261 g/mol. The Kier molecular flexibility index (Phi) is 4.08. The predicted molar refractivity (Wildman–Crippen MR) is 77.3 cm³/mol. The summed E-state index contributed by atoms with van der Waals surface area (Å²) in [5.41, 5.74) is 1.04. The molecule has 2 rings (SSSR count). The molecule has 19 heavy (non-hydrogen) atoms. The number of hydrogen-bond acceptors (Lipinski definition) is 3. The second-order valence-electron chi connectivity index (χ2n) is 5.89. The maximum absolute atomic E-state index is 12.6. The Morgan fingerprint density at radius 3 is 2.74 bits per heavy atom. The molecule has 0 atom stereocenters. The standard InChI is InChI=1S/C15H23N3O/c1-4-16-13-12(6-5-9-17-13)14(19)18-10-7-15(2,3)8-11-18/h5-6,9H,4,7-8,10-11H2,1-3H3,(H,16,17). The van der Waals surface area contributed by atoms with Gasteiger partial charge in [0.05, 0.1) is 5.56 Å².